The maximum atomic E-state index is 12.4. The third kappa shape index (κ3) is 3.85. The number of amides is 2. The highest BCUT2D eigenvalue weighted by Crippen LogP contribution is 2.13. The molecular weight excluding hydrogens is 282 g/mol. The normalized spacial score (nSPS) is 17.9. The molecule has 22 heavy (non-hydrogen) atoms. The summed E-state index contributed by atoms with van der Waals surface area (Å²) < 4.78 is 1.65. The van der Waals surface area contributed by atoms with Gasteiger partial charge in [-0.3, -0.25) is 14.3 Å². The van der Waals surface area contributed by atoms with Crippen molar-refractivity contribution in [2.24, 2.45) is 7.05 Å². The Kier molecular flexibility index (Phi) is 5.54. The molecule has 2 heterocycles. The van der Waals surface area contributed by atoms with Crippen molar-refractivity contribution < 1.29 is 9.59 Å². The van der Waals surface area contributed by atoms with Gasteiger partial charge in [-0.05, 0) is 33.2 Å². The van der Waals surface area contributed by atoms with E-state index in [0.717, 1.165) is 31.5 Å². The average Bonchev–Trinajstić information content (AvgIpc) is 2.94. The van der Waals surface area contributed by atoms with Gasteiger partial charge in [0.25, 0.3) is 0 Å². The number of piperidine rings is 1. The minimum Gasteiger partial charge on any atom is -0.343 e. The molecule has 0 saturated carbocycles. The van der Waals surface area contributed by atoms with E-state index < -0.39 is 12.1 Å². The number of aromatic nitrogens is 2. The molecule has 2 amide bonds. The van der Waals surface area contributed by atoms with Crippen LogP contribution in [0, 0.1) is 0 Å². The van der Waals surface area contributed by atoms with Gasteiger partial charge in [0.15, 0.2) is 0 Å². The second-order valence-corrected chi connectivity index (χ2v) is 5.79. The number of nitrogens with zero attached hydrogens (tertiary/aromatic N) is 3. The van der Waals surface area contributed by atoms with Crippen LogP contribution in [0.15, 0.2) is 12.4 Å². The highest BCUT2D eigenvalue weighted by Gasteiger charge is 2.27. The molecule has 1 aromatic heterocycles. The molecule has 2 N–H and O–H groups in total. The van der Waals surface area contributed by atoms with Crippen molar-refractivity contribution in [3.63, 3.8) is 0 Å². The summed E-state index contributed by atoms with van der Waals surface area (Å²) in [5, 5.41) is 9.85. The Morgan fingerprint density at radius 1 is 1.27 bits per heavy atom. The lowest BCUT2D eigenvalue weighted by molar-refractivity contribution is -0.137. The third-order valence-electron chi connectivity index (χ3n) is 4.01. The molecule has 2 unspecified atom stereocenters. The first-order chi connectivity index (χ1) is 10.5. The quantitative estimate of drug-likeness (QED) is 0.814. The fourth-order valence-electron chi connectivity index (χ4n) is 2.78. The standard InChI is InChI=1S/C15H25N5O2/c1-11(15(22)20-7-5-4-6-8-20)18-14(21)13(16-2)12-9-17-19(3)10-12/h9-11,13,16H,4-8H2,1-3H3,(H,18,21). The van der Waals surface area contributed by atoms with E-state index in [1.807, 2.05) is 4.90 Å². The Morgan fingerprint density at radius 3 is 2.50 bits per heavy atom. The summed E-state index contributed by atoms with van der Waals surface area (Å²) in [4.78, 5) is 26.6. The average molecular weight is 307 g/mol. The van der Waals surface area contributed by atoms with Crippen LogP contribution in [0.25, 0.3) is 0 Å². The first-order valence-electron chi connectivity index (χ1n) is 7.78. The SMILES string of the molecule is CNC(C(=O)NC(C)C(=O)N1CCCCC1)c1cnn(C)c1. The van der Waals surface area contributed by atoms with E-state index in [1.54, 1.807) is 38.1 Å². The Morgan fingerprint density at radius 2 is 1.95 bits per heavy atom. The number of aryl methyl sites for hydroxylation is 1. The van der Waals surface area contributed by atoms with Gasteiger partial charge in [-0.1, -0.05) is 0 Å². The lowest BCUT2D eigenvalue weighted by atomic mass is 10.1. The van der Waals surface area contributed by atoms with Gasteiger partial charge < -0.3 is 15.5 Å². The van der Waals surface area contributed by atoms with Crippen LogP contribution < -0.4 is 10.6 Å². The van der Waals surface area contributed by atoms with Crippen molar-refractivity contribution in [3.05, 3.63) is 18.0 Å². The maximum Gasteiger partial charge on any atom is 0.244 e. The minimum absolute atomic E-state index is 0.00547. The van der Waals surface area contributed by atoms with E-state index in [1.165, 1.54) is 6.42 Å². The summed E-state index contributed by atoms with van der Waals surface area (Å²) in [5.41, 5.74) is 0.778. The molecular formula is C15H25N5O2. The second kappa shape index (κ2) is 7.40. The summed E-state index contributed by atoms with van der Waals surface area (Å²) in [7, 11) is 3.52. The van der Waals surface area contributed by atoms with Gasteiger partial charge in [0.05, 0.1) is 6.20 Å². The molecule has 1 aliphatic rings. The molecule has 0 radical (unpaired) electrons. The number of rotatable bonds is 5. The van der Waals surface area contributed by atoms with E-state index in [0.29, 0.717) is 0 Å². The van der Waals surface area contributed by atoms with Gasteiger partial charge in [-0.2, -0.15) is 5.10 Å². The summed E-state index contributed by atoms with van der Waals surface area (Å²) in [6.07, 6.45) is 6.70. The summed E-state index contributed by atoms with van der Waals surface area (Å²) in [6, 6.07) is -1.02. The van der Waals surface area contributed by atoms with Gasteiger partial charge in [-0.15, -0.1) is 0 Å². The van der Waals surface area contributed by atoms with Crippen molar-refractivity contribution in [2.75, 3.05) is 20.1 Å². The Labute approximate surface area is 131 Å². The van der Waals surface area contributed by atoms with Crippen LogP contribution in [0.5, 0.6) is 0 Å². The molecule has 1 aromatic rings. The first-order valence-corrected chi connectivity index (χ1v) is 7.78. The molecule has 7 heteroatoms. The van der Waals surface area contributed by atoms with Crippen LogP contribution in [0.3, 0.4) is 0 Å². The number of hydrogen-bond acceptors (Lipinski definition) is 4. The topological polar surface area (TPSA) is 79.3 Å². The van der Waals surface area contributed by atoms with E-state index >= 15 is 0 Å². The number of likely N-dealkylation sites (tertiary alicyclic amines) is 1. The smallest absolute Gasteiger partial charge is 0.244 e. The molecule has 122 valence electrons. The number of likely N-dealkylation sites (N-methyl/N-ethyl adjacent to an activating group) is 1. The first kappa shape index (κ1) is 16.5. The Bertz CT molecular complexity index is 522. The third-order valence-corrected chi connectivity index (χ3v) is 4.01. The molecule has 1 fully saturated rings. The van der Waals surface area contributed by atoms with Crippen LogP contribution in [0.2, 0.25) is 0 Å². The molecule has 1 saturated heterocycles. The van der Waals surface area contributed by atoms with Gasteiger partial charge in [0.1, 0.15) is 12.1 Å². The summed E-state index contributed by atoms with van der Waals surface area (Å²) >= 11 is 0. The summed E-state index contributed by atoms with van der Waals surface area (Å²) in [5.74, 6) is -0.220. The zero-order chi connectivity index (χ0) is 16.1. The molecule has 2 atom stereocenters. The Hall–Kier alpha value is -1.89. The minimum atomic E-state index is -0.516. The molecule has 0 bridgehead atoms. The van der Waals surface area contributed by atoms with Crippen LogP contribution in [-0.2, 0) is 16.6 Å². The van der Waals surface area contributed by atoms with Crippen LogP contribution >= 0.6 is 0 Å². The van der Waals surface area contributed by atoms with Crippen molar-refractivity contribution >= 4 is 11.8 Å². The Balaban J connectivity index is 1.95. The van der Waals surface area contributed by atoms with Crippen LogP contribution in [0.1, 0.15) is 37.8 Å². The van der Waals surface area contributed by atoms with Crippen molar-refractivity contribution in [3.8, 4) is 0 Å². The lowest BCUT2D eigenvalue weighted by Crippen LogP contribution is -2.50. The van der Waals surface area contributed by atoms with Gasteiger partial charge in [0.2, 0.25) is 11.8 Å². The van der Waals surface area contributed by atoms with E-state index in [4.69, 9.17) is 0 Å². The van der Waals surface area contributed by atoms with E-state index in [9.17, 15) is 9.59 Å². The molecule has 7 nitrogen and oxygen atoms in total. The monoisotopic (exact) mass is 307 g/mol. The fraction of sp³-hybridized carbons (Fsp3) is 0.667. The van der Waals surface area contributed by atoms with E-state index in [-0.39, 0.29) is 11.8 Å². The predicted octanol–water partition coefficient (Wildman–Crippen LogP) is 0.198. The predicted molar refractivity (Wildman–Crippen MR) is 83.0 cm³/mol. The van der Waals surface area contributed by atoms with Crippen LogP contribution in [-0.4, -0.2) is 52.7 Å². The van der Waals surface area contributed by atoms with Crippen molar-refractivity contribution in [1.82, 2.24) is 25.3 Å². The van der Waals surface area contributed by atoms with Crippen LogP contribution in [0.4, 0.5) is 0 Å². The second-order valence-electron chi connectivity index (χ2n) is 5.79. The van der Waals surface area contributed by atoms with Gasteiger partial charge in [-0.25, -0.2) is 0 Å². The molecule has 0 aliphatic carbocycles. The number of hydrogen-bond donors (Lipinski definition) is 2. The number of carbonyl (C=O) groups is 2. The number of nitrogens with one attached hydrogen (secondary N) is 2. The molecule has 0 spiro atoms. The highest BCUT2D eigenvalue weighted by atomic mass is 16.2. The van der Waals surface area contributed by atoms with Crippen molar-refractivity contribution in [1.29, 1.82) is 0 Å². The number of carbonyl (C=O) groups excluding carboxylic acids is 2. The van der Waals surface area contributed by atoms with Crippen molar-refractivity contribution in [2.45, 2.75) is 38.3 Å². The zero-order valence-corrected chi connectivity index (χ0v) is 13.5. The zero-order valence-electron chi connectivity index (χ0n) is 13.5. The summed E-state index contributed by atoms with van der Waals surface area (Å²) in [6.45, 7) is 3.32. The maximum absolute atomic E-state index is 12.4. The van der Waals surface area contributed by atoms with E-state index in [2.05, 4.69) is 15.7 Å². The molecule has 0 aromatic carbocycles. The molecule has 2 rings (SSSR count). The fourth-order valence-corrected chi connectivity index (χ4v) is 2.78. The largest absolute Gasteiger partial charge is 0.343 e. The molecule has 1 aliphatic heterocycles. The highest BCUT2D eigenvalue weighted by molar-refractivity contribution is 5.90. The van der Waals surface area contributed by atoms with Gasteiger partial charge in [0, 0.05) is 31.9 Å². The lowest BCUT2D eigenvalue weighted by Gasteiger charge is -2.30. The van der Waals surface area contributed by atoms with Gasteiger partial charge >= 0.3 is 0 Å².